The van der Waals surface area contributed by atoms with Gasteiger partial charge in [-0.1, -0.05) is 23.7 Å². The van der Waals surface area contributed by atoms with E-state index in [2.05, 4.69) is 21.2 Å². The van der Waals surface area contributed by atoms with Gasteiger partial charge in [-0.3, -0.25) is 0 Å². The lowest BCUT2D eigenvalue weighted by Crippen LogP contribution is -2.05. The monoisotopic (exact) mass is 353 g/mol. The van der Waals surface area contributed by atoms with E-state index in [9.17, 15) is 4.79 Å². The van der Waals surface area contributed by atoms with E-state index in [0.717, 1.165) is 23.7 Å². The fourth-order valence-corrected chi connectivity index (χ4v) is 2.48. The summed E-state index contributed by atoms with van der Waals surface area (Å²) in [5, 5.41) is 12.9. The lowest BCUT2D eigenvalue weighted by atomic mass is 10.1. The molecular weight excluding hydrogens is 342 g/mol. The third kappa shape index (κ3) is 3.99. The van der Waals surface area contributed by atoms with Crippen molar-refractivity contribution in [2.75, 3.05) is 11.9 Å². The van der Waals surface area contributed by atoms with Gasteiger partial charge in [0.25, 0.3) is 0 Å². The average molecular weight is 355 g/mol. The highest BCUT2D eigenvalue weighted by atomic mass is 79.9. The van der Waals surface area contributed by atoms with Crippen molar-refractivity contribution in [2.24, 2.45) is 0 Å². The SMILES string of the molecule is O=C(O)c1ccc(NCCc2ccc(Cl)cc2)cc1Br. The normalized spacial score (nSPS) is 10.3. The summed E-state index contributed by atoms with van der Waals surface area (Å²) in [6.45, 7) is 0.764. The minimum atomic E-state index is -0.940. The minimum Gasteiger partial charge on any atom is -0.478 e. The van der Waals surface area contributed by atoms with Crippen LogP contribution in [0.1, 0.15) is 15.9 Å². The quantitative estimate of drug-likeness (QED) is 0.833. The van der Waals surface area contributed by atoms with Gasteiger partial charge in [0.1, 0.15) is 0 Å². The summed E-state index contributed by atoms with van der Waals surface area (Å²) in [5.41, 5.74) is 2.34. The summed E-state index contributed by atoms with van der Waals surface area (Å²) in [6.07, 6.45) is 0.871. The second kappa shape index (κ2) is 6.77. The first-order valence-corrected chi connectivity index (χ1v) is 7.24. The summed E-state index contributed by atoms with van der Waals surface area (Å²) in [7, 11) is 0. The van der Waals surface area contributed by atoms with Crippen LogP contribution in [0.2, 0.25) is 5.02 Å². The van der Waals surface area contributed by atoms with Gasteiger partial charge in [0, 0.05) is 21.7 Å². The molecule has 0 saturated carbocycles. The number of halogens is 2. The van der Waals surface area contributed by atoms with Crippen LogP contribution in [0.25, 0.3) is 0 Å². The molecule has 104 valence electrons. The predicted molar refractivity (Wildman–Crippen MR) is 84.7 cm³/mol. The Labute approximate surface area is 130 Å². The Morgan fingerprint density at radius 3 is 2.50 bits per heavy atom. The molecule has 0 heterocycles. The highest BCUT2D eigenvalue weighted by molar-refractivity contribution is 9.10. The highest BCUT2D eigenvalue weighted by Gasteiger charge is 2.08. The number of hydrogen-bond acceptors (Lipinski definition) is 2. The molecule has 3 nitrogen and oxygen atoms in total. The number of rotatable bonds is 5. The molecule has 5 heteroatoms. The molecule has 0 aromatic heterocycles. The molecule has 0 saturated heterocycles. The predicted octanol–water partition coefficient (Wildman–Crippen LogP) is 4.46. The van der Waals surface area contributed by atoms with Crippen molar-refractivity contribution in [2.45, 2.75) is 6.42 Å². The molecule has 0 bridgehead atoms. The van der Waals surface area contributed by atoms with E-state index >= 15 is 0 Å². The molecule has 0 atom stereocenters. The Bertz CT molecular complexity index is 614. The third-order valence-corrected chi connectivity index (χ3v) is 3.76. The lowest BCUT2D eigenvalue weighted by Gasteiger charge is -2.08. The van der Waals surface area contributed by atoms with E-state index in [4.69, 9.17) is 16.7 Å². The van der Waals surface area contributed by atoms with E-state index < -0.39 is 5.97 Å². The summed E-state index contributed by atoms with van der Waals surface area (Å²) in [4.78, 5) is 10.9. The van der Waals surface area contributed by atoms with Crippen LogP contribution in [-0.2, 0) is 6.42 Å². The van der Waals surface area contributed by atoms with E-state index in [0.29, 0.717) is 4.47 Å². The highest BCUT2D eigenvalue weighted by Crippen LogP contribution is 2.21. The van der Waals surface area contributed by atoms with Gasteiger partial charge in [0.05, 0.1) is 5.56 Å². The Hall–Kier alpha value is -1.52. The molecule has 2 rings (SSSR count). The van der Waals surface area contributed by atoms with Gasteiger partial charge >= 0.3 is 5.97 Å². The number of carboxylic acid groups (broad SMARTS) is 1. The summed E-state index contributed by atoms with van der Waals surface area (Å²) in [5.74, 6) is -0.940. The molecule has 0 amide bonds. The first kappa shape index (κ1) is 14.9. The fourth-order valence-electron chi connectivity index (χ4n) is 1.80. The van der Waals surface area contributed by atoms with Crippen LogP contribution in [-0.4, -0.2) is 17.6 Å². The minimum absolute atomic E-state index is 0.258. The number of nitrogens with one attached hydrogen (secondary N) is 1. The molecule has 0 radical (unpaired) electrons. The van der Waals surface area contributed by atoms with Gasteiger partial charge < -0.3 is 10.4 Å². The van der Waals surface area contributed by atoms with Gasteiger partial charge in [-0.05, 0) is 58.2 Å². The Morgan fingerprint density at radius 1 is 1.20 bits per heavy atom. The van der Waals surface area contributed by atoms with Gasteiger partial charge in [0.15, 0.2) is 0 Å². The second-order valence-electron chi connectivity index (χ2n) is 4.30. The number of anilines is 1. The number of aromatic carboxylic acids is 1. The molecule has 0 aliphatic rings. The van der Waals surface area contributed by atoms with Gasteiger partial charge in [-0.25, -0.2) is 4.79 Å². The zero-order valence-corrected chi connectivity index (χ0v) is 12.9. The van der Waals surface area contributed by atoms with Crippen LogP contribution < -0.4 is 5.32 Å². The molecule has 20 heavy (non-hydrogen) atoms. The van der Waals surface area contributed by atoms with Crippen LogP contribution in [0.5, 0.6) is 0 Å². The van der Waals surface area contributed by atoms with Crippen LogP contribution in [0.4, 0.5) is 5.69 Å². The van der Waals surface area contributed by atoms with Gasteiger partial charge in [0.2, 0.25) is 0 Å². The molecule has 2 aromatic rings. The van der Waals surface area contributed by atoms with Crippen LogP contribution in [0.15, 0.2) is 46.9 Å². The largest absolute Gasteiger partial charge is 0.478 e. The van der Waals surface area contributed by atoms with Crippen LogP contribution >= 0.6 is 27.5 Å². The molecule has 2 N–H and O–H groups in total. The summed E-state index contributed by atoms with van der Waals surface area (Å²) in [6, 6.07) is 12.8. The van der Waals surface area contributed by atoms with Crippen molar-refractivity contribution in [1.82, 2.24) is 0 Å². The third-order valence-electron chi connectivity index (χ3n) is 2.86. The molecule has 0 aliphatic carbocycles. The van der Waals surface area contributed by atoms with E-state index in [-0.39, 0.29) is 5.56 Å². The Morgan fingerprint density at radius 2 is 1.90 bits per heavy atom. The molecule has 0 aliphatic heterocycles. The second-order valence-corrected chi connectivity index (χ2v) is 5.59. The van der Waals surface area contributed by atoms with Gasteiger partial charge in [-0.15, -0.1) is 0 Å². The maximum absolute atomic E-state index is 10.9. The fraction of sp³-hybridized carbons (Fsp3) is 0.133. The van der Waals surface area contributed by atoms with Crippen molar-refractivity contribution < 1.29 is 9.90 Å². The van der Waals surface area contributed by atoms with Crippen LogP contribution in [0, 0.1) is 0 Å². The Kier molecular flexibility index (Phi) is 5.04. The molecule has 0 unspecified atom stereocenters. The molecule has 0 fully saturated rings. The molecule has 2 aromatic carbocycles. The average Bonchev–Trinajstić information content (AvgIpc) is 2.41. The number of carboxylic acids is 1. The first-order valence-electron chi connectivity index (χ1n) is 6.07. The first-order chi connectivity index (χ1) is 9.56. The maximum Gasteiger partial charge on any atom is 0.336 e. The maximum atomic E-state index is 10.9. The summed E-state index contributed by atoms with van der Waals surface area (Å²) < 4.78 is 0.571. The lowest BCUT2D eigenvalue weighted by molar-refractivity contribution is 0.0696. The number of benzene rings is 2. The number of carbonyl (C=O) groups is 1. The van der Waals surface area contributed by atoms with Crippen molar-refractivity contribution in [3.63, 3.8) is 0 Å². The standard InChI is InChI=1S/C15H13BrClNO2/c16-14-9-12(5-6-13(14)15(19)20)18-8-7-10-1-3-11(17)4-2-10/h1-6,9,18H,7-8H2,(H,19,20). The topological polar surface area (TPSA) is 49.3 Å². The van der Waals surface area contributed by atoms with Crippen molar-refractivity contribution in [3.05, 3.63) is 63.1 Å². The zero-order chi connectivity index (χ0) is 14.5. The summed E-state index contributed by atoms with van der Waals surface area (Å²) >= 11 is 9.09. The number of hydrogen-bond donors (Lipinski definition) is 2. The zero-order valence-electron chi connectivity index (χ0n) is 10.6. The van der Waals surface area contributed by atoms with Gasteiger partial charge in [-0.2, -0.15) is 0 Å². The van der Waals surface area contributed by atoms with Crippen molar-refractivity contribution in [1.29, 1.82) is 0 Å². The van der Waals surface area contributed by atoms with E-state index in [1.807, 2.05) is 24.3 Å². The van der Waals surface area contributed by atoms with E-state index in [1.54, 1.807) is 18.2 Å². The smallest absolute Gasteiger partial charge is 0.336 e. The molecular formula is C15H13BrClNO2. The Balaban J connectivity index is 1.92. The van der Waals surface area contributed by atoms with Crippen molar-refractivity contribution in [3.8, 4) is 0 Å². The van der Waals surface area contributed by atoms with Crippen molar-refractivity contribution >= 4 is 39.2 Å². The van der Waals surface area contributed by atoms with Crippen LogP contribution in [0.3, 0.4) is 0 Å². The molecule has 0 spiro atoms. The van der Waals surface area contributed by atoms with E-state index in [1.165, 1.54) is 5.56 Å².